The van der Waals surface area contributed by atoms with Crippen molar-refractivity contribution < 1.29 is 9.59 Å². The Labute approximate surface area is 158 Å². The fourth-order valence-electron chi connectivity index (χ4n) is 2.71. The van der Waals surface area contributed by atoms with Crippen molar-refractivity contribution in [2.24, 2.45) is 0 Å². The Kier molecular flexibility index (Phi) is 5.66. The van der Waals surface area contributed by atoms with Gasteiger partial charge in [0.25, 0.3) is 5.91 Å². The summed E-state index contributed by atoms with van der Waals surface area (Å²) >= 11 is 0. The van der Waals surface area contributed by atoms with Crippen molar-refractivity contribution in [3.8, 4) is 5.69 Å². The molecule has 27 heavy (non-hydrogen) atoms. The van der Waals surface area contributed by atoms with E-state index in [4.69, 9.17) is 0 Å². The molecule has 2 amide bonds. The van der Waals surface area contributed by atoms with Gasteiger partial charge in [0, 0.05) is 37.1 Å². The summed E-state index contributed by atoms with van der Waals surface area (Å²) in [7, 11) is 0. The molecule has 2 aromatic carbocycles. The highest BCUT2D eigenvalue weighted by Crippen LogP contribution is 2.16. The van der Waals surface area contributed by atoms with Crippen LogP contribution in [-0.2, 0) is 11.3 Å². The molecular formula is C21H22N4O2. The average Bonchev–Trinajstić information content (AvgIpc) is 3.21. The van der Waals surface area contributed by atoms with Crippen LogP contribution in [0.25, 0.3) is 5.69 Å². The topological polar surface area (TPSA) is 76.0 Å². The lowest BCUT2D eigenvalue weighted by Gasteiger charge is -2.15. The lowest BCUT2D eigenvalue weighted by Crippen LogP contribution is -2.26. The van der Waals surface area contributed by atoms with Crippen LogP contribution in [0.1, 0.15) is 41.4 Å². The van der Waals surface area contributed by atoms with Gasteiger partial charge in [-0.25, -0.2) is 4.98 Å². The van der Waals surface area contributed by atoms with Crippen molar-refractivity contribution in [2.75, 3.05) is 0 Å². The van der Waals surface area contributed by atoms with E-state index in [0.29, 0.717) is 12.1 Å². The van der Waals surface area contributed by atoms with E-state index >= 15 is 0 Å². The molecule has 138 valence electrons. The van der Waals surface area contributed by atoms with Crippen LogP contribution in [0.5, 0.6) is 0 Å². The molecule has 3 aromatic rings. The molecule has 0 bridgehead atoms. The van der Waals surface area contributed by atoms with Crippen molar-refractivity contribution in [1.29, 1.82) is 0 Å². The van der Waals surface area contributed by atoms with Crippen LogP contribution in [0.4, 0.5) is 0 Å². The lowest BCUT2D eigenvalue weighted by atomic mass is 10.1. The zero-order valence-corrected chi connectivity index (χ0v) is 15.3. The second kappa shape index (κ2) is 8.31. The zero-order valence-electron chi connectivity index (χ0n) is 15.3. The van der Waals surface area contributed by atoms with Crippen LogP contribution in [-0.4, -0.2) is 21.4 Å². The van der Waals surface area contributed by atoms with Gasteiger partial charge in [0.05, 0.1) is 12.4 Å². The number of nitrogens with one attached hydrogen (secondary N) is 2. The molecule has 0 fully saturated rings. The van der Waals surface area contributed by atoms with Gasteiger partial charge in [-0.1, -0.05) is 24.3 Å². The molecule has 3 rings (SSSR count). The van der Waals surface area contributed by atoms with Gasteiger partial charge in [0.1, 0.15) is 0 Å². The van der Waals surface area contributed by atoms with Crippen molar-refractivity contribution >= 4 is 11.8 Å². The van der Waals surface area contributed by atoms with E-state index in [2.05, 4.69) is 15.6 Å². The predicted molar refractivity (Wildman–Crippen MR) is 103 cm³/mol. The van der Waals surface area contributed by atoms with Crippen LogP contribution >= 0.6 is 0 Å². The Morgan fingerprint density at radius 3 is 2.37 bits per heavy atom. The second-order valence-electron chi connectivity index (χ2n) is 6.36. The van der Waals surface area contributed by atoms with E-state index in [0.717, 1.165) is 16.8 Å². The summed E-state index contributed by atoms with van der Waals surface area (Å²) in [5, 5.41) is 5.74. The number of rotatable bonds is 6. The van der Waals surface area contributed by atoms with Crippen LogP contribution in [0.2, 0.25) is 0 Å². The highest BCUT2D eigenvalue weighted by Gasteiger charge is 2.11. The SMILES string of the molecule is CC(=O)NCc1ccc(C(=O)N[C@H](C)c2ccc(-n3ccnc3)cc2)cc1. The molecule has 0 saturated carbocycles. The third kappa shape index (κ3) is 4.82. The maximum Gasteiger partial charge on any atom is 0.251 e. The van der Waals surface area contributed by atoms with Gasteiger partial charge in [-0.05, 0) is 42.3 Å². The van der Waals surface area contributed by atoms with Crippen LogP contribution in [0, 0.1) is 0 Å². The standard InChI is InChI=1S/C21H22N4O2/c1-15(18-7-9-20(10-8-18)25-12-11-22-14-25)24-21(27)19-5-3-17(4-6-19)13-23-16(2)26/h3-12,14-15H,13H2,1-2H3,(H,23,26)(H,24,27)/t15-/m1/s1. The fraction of sp³-hybridized carbons (Fsp3) is 0.190. The quantitative estimate of drug-likeness (QED) is 0.708. The van der Waals surface area contributed by atoms with E-state index in [1.54, 1.807) is 24.7 Å². The number of carbonyl (C=O) groups excluding carboxylic acids is 2. The highest BCUT2D eigenvalue weighted by molar-refractivity contribution is 5.94. The molecular weight excluding hydrogens is 340 g/mol. The Morgan fingerprint density at radius 1 is 1.07 bits per heavy atom. The van der Waals surface area contributed by atoms with Crippen LogP contribution in [0.15, 0.2) is 67.3 Å². The summed E-state index contributed by atoms with van der Waals surface area (Å²) in [6, 6.07) is 15.1. The number of aromatic nitrogens is 2. The number of hydrogen-bond donors (Lipinski definition) is 2. The molecule has 1 atom stereocenters. The van der Waals surface area contributed by atoms with E-state index in [1.807, 2.05) is 54.1 Å². The minimum Gasteiger partial charge on any atom is -0.352 e. The van der Waals surface area contributed by atoms with Gasteiger partial charge < -0.3 is 15.2 Å². The maximum absolute atomic E-state index is 12.5. The summed E-state index contributed by atoms with van der Waals surface area (Å²) in [4.78, 5) is 27.5. The summed E-state index contributed by atoms with van der Waals surface area (Å²) in [5.41, 5.74) is 3.58. The molecule has 0 spiro atoms. The fourth-order valence-corrected chi connectivity index (χ4v) is 2.71. The average molecular weight is 362 g/mol. The smallest absolute Gasteiger partial charge is 0.251 e. The van der Waals surface area contributed by atoms with Gasteiger partial charge in [-0.3, -0.25) is 9.59 Å². The van der Waals surface area contributed by atoms with Gasteiger partial charge in [0.15, 0.2) is 0 Å². The summed E-state index contributed by atoms with van der Waals surface area (Å²) in [6.07, 6.45) is 5.36. The van der Waals surface area contributed by atoms with Crippen LogP contribution in [0.3, 0.4) is 0 Å². The number of imidazole rings is 1. The number of nitrogens with zero attached hydrogens (tertiary/aromatic N) is 2. The third-order valence-electron chi connectivity index (χ3n) is 4.30. The second-order valence-corrected chi connectivity index (χ2v) is 6.36. The van der Waals surface area contributed by atoms with Crippen LogP contribution < -0.4 is 10.6 Å². The van der Waals surface area contributed by atoms with E-state index in [9.17, 15) is 9.59 Å². The molecule has 1 heterocycles. The van der Waals surface area contributed by atoms with Crippen molar-refractivity contribution in [2.45, 2.75) is 26.4 Å². The summed E-state index contributed by atoms with van der Waals surface area (Å²) < 4.78 is 1.93. The van der Waals surface area contributed by atoms with Gasteiger partial charge >= 0.3 is 0 Å². The summed E-state index contributed by atoms with van der Waals surface area (Å²) in [5.74, 6) is -0.211. The first-order valence-electron chi connectivity index (χ1n) is 8.75. The minimum absolute atomic E-state index is 0.0790. The van der Waals surface area contributed by atoms with Crippen molar-refractivity contribution in [3.63, 3.8) is 0 Å². The minimum atomic E-state index is -0.132. The Hall–Kier alpha value is -3.41. The zero-order chi connectivity index (χ0) is 19.2. The van der Waals surface area contributed by atoms with Gasteiger partial charge in [-0.15, -0.1) is 0 Å². The third-order valence-corrected chi connectivity index (χ3v) is 4.30. The first kappa shape index (κ1) is 18.4. The first-order valence-corrected chi connectivity index (χ1v) is 8.75. The van der Waals surface area contributed by atoms with Crippen molar-refractivity contribution in [3.05, 3.63) is 83.9 Å². The predicted octanol–water partition coefficient (Wildman–Crippen LogP) is 3.00. The Morgan fingerprint density at radius 2 is 1.78 bits per heavy atom. The van der Waals surface area contributed by atoms with E-state index < -0.39 is 0 Å². The molecule has 6 heteroatoms. The Balaban J connectivity index is 1.60. The Bertz CT molecular complexity index is 900. The number of amides is 2. The normalized spacial score (nSPS) is 11.6. The molecule has 0 unspecified atom stereocenters. The number of carbonyl (C=O) groups is 2. The largest absolute Gasteiger partial charge is 0.352 e. The molecule has 6 nitrogen and oxygen atoms in total. The molecule has 0 aliphatic rings. The monoisotopic (exact) mass is 362 g/mol. The maximum atomic E-state index is 12.5. The molecule has 0 radical (unpaired) electrons. The number of hydrogen-bond acceptors (Lipinski definition) is 3. The lowest BCUT2D eigenvalue weighted by molar-refractivity contribution is -0.119. The van der Waals surface area contributed by atoms with Gasteiger partial charge in [0.2, 0.25) is 5.91 Å². The molecule has 1 aromatic heterocycles. The number of benzene rings is 2. The molecule has 2 N–H and O–H groups in total. The molecule has 0 saturated heterocycles. The van der Waals surface area contributed by atoms with Gasteiger partial charge in [-0.2, -0.15) is 0 Å². The van der Waals surface area contributed by atoms with E-state index in [1.165, 1.54) is 6.92 Å². The summed E-state index contributed by atoms with van der Waals surface area (Å²) in [6.45, 7) is 3.89. The van der Waals surface area contributed by atoms with Crippen molar-refractivity contribution in [1.82, 2.24) is 20.2 Å². The van der Waals surface area contributed by atoms with E-state index in [-0.39, 0.29) is 17.9 Å². The molecule has 0 aliphatic heterocycles. The first-order chi connectivity index (χ1) is 13.0. The highest BCUT2D eigenvalue weighted by atomic mass is 16.2. The molecule has 0 aliphatic carbocycles.